The maximum atomic E-state index is 12.4. The number of hydrogen-bond donors (Lipinski definition) is 2. The van der Waals surface area contributed by atoms with Gasteiger partial charge in [-0.1, -0.05) is 50.2 Å². The predicted molar refractivity (Wildman–Crippen MR) is 120 cm³/mol. The van der Waals surface area contributed by atoms with E-state index >= 15 is 0 Å². The molecule has 0 saturated heterocycles. The van der Waals surface area contributed by atoms with Gasteiger partial charge in [0.05, 0.1) is 13.3 Å². The minimum absolute atomic E-state index is 0.120. The Morgan fingerprint density at radius 3 is 2.41 bits per heavy atom. The van der Waals surface area contributed by atoms with Crippen molar-refractivity contribution in [3.8, 4) is 17.1 Å². The van der Waals surface area contributed by atoms with Gasteiger partial charge in [-0.05, 0) is 29.2 Å². The number of nitrogens with one attached hydrogen (secondary N) is 1. The first-order valence-corrected chi connectivity index (χ1v) is 10.6. The molecule has 3 aromatic rings. The Labute approximate surface area is 187 Å². The molecule has 0 bridgehead atoms. The van der Waals surface area contributed by atoms with Crippen molar-refractivity contribution in [1.29, 1.82) is 0 Å². The van der Waals surface area contributed by atoms with Crippen molar-refractivity contribution in [3.63, 3.8) is 0 Å². The molecule has 1 unspecified atom stereocenters. The number of benzene rings is 2. The van der Waals surface area contributed by atoms with Gasteiger partial charge in [-0.2, -0.15) is 0 Å². The molecule has 168 valence electrons. The highest BCUT2D eigenvalue weighted by atomic mass is 16.5. The van der Waals surface area contributed by atoms with Crippen LogP contribution in [0.5, 0.6) is 5.75 Å². The van der Waals surface area contributed by atoms with Gasteiger partial charge in [0.2, 0.25) is 5.91 Å². The zero-order valence-electron chi connectivity index (χ0n) is 18.5. The topological polar surface area (TPSA) is 102 Å². The van der Waals surface area contributed by atoms with Crippen molar-refractivity contribution in [2.45, 2.75) is 45.1 Å². The largest absolute Gasteiger partial charge is 0.508 e. The molecule has 0 aliphatic rings. The Morgan fingerprint density at radius 1 is 1.09 bits per heavy atom. The number of aromatic nitrogens is 1. The number of rotatable bonds is 9. The van der Waals surface area contributed by atoms with E-state index in [0.29, 0.717) is 24.0 Å². The van der Waals surface area contributed by atoms with Gasteiger partial charge in [-0.25, -0.2) is 9.78 Å². The molecule has 0 fully saturated rings. The average Bonchev–Trinajstić information content (AvgIpc) is 3.27. The van der Waals surface area contributed by atoms with Gasteiger partial charge in [0, 0.05) is 24.8 Å². The second-order valence-corrected chi connectivity index (χ2v) is 7.91. The first kappa shape index (κ1) is 23.1. The molecule has 2 N–H and O–H groups in total. The summed E-state index contributed by atoms with van der Waals surface area (Å²) in [5.74, 6) is 0.853. The van der Waals surface area contributed by atoms with Crippen LogP contribution in [0.3, 0.4) is 0 Å². The molecule has 7 heteroatoms. The number of carbonyl (C=O) groups excluding carboxylic acids is 2. The molecule has 1 amide bonds. The predicted octanol–water partition coefficient (Wildman–Crippen LogP) is 4.00. The summed E-state index contributed by atoms with van der Waals surface area (Å²) in [6.45, 7) is 4.28. The van der Waals surface area contributed by atoms with Gasteiger partial charge >= 0.3 is 5.97 Å². The lowest BCUT2D eigenvalue weighted by Gasteiger charge is -2.16. The molecule has 0 radical (unpaired) electrons. The van der Waals surface area contributed by atoms with Crippen LogP contribution in [0.25, 0.3) is 11.3 Å². The summed E-state index contributed by atoms with van der Waals surface area (Å²) in [4.78, 5) is 28.8. The summed E-state index contributed by atoms with van der Waals surface area (Å²) in [6, 6.07) is 13.8. The molecule has 1 heterocycles. The first-order chi connectivity index (χ1) is 15.4. The van der Waals surface area contributed by atoms with Gasteiger partial charge in [0.15, 0.2) is 11.7 Å². The lowest BCUT2D eigenvalue weighted by Crippen LogP contribution is -2.43. The number of amides is 1. The van der Waals surface area contributed by atoms with Crippen molar-refractivity contribution in [2.24, 2.45) is 0 Å². The number of aryl methyl sites for hydroxylation is 1. The number of phenols is 1. The number of aromatic hydroxyl groups is 1. The van der Waals surface area contributed by atoms with Gasteiger partial charge in [0.25, 0.3) is 0 Å². The van der Waals surface area contributed by atoms with E-state index in [2.05, 4.69) is 36.3 Å². The monoisotopic (exact) mass is 436 g/mol. The number of carbonyl (C=O) groups is 2. The number of esters is 1. The summed E-state index contributed by atoms with van der Waals surface area (Å²) in [7, 11) is 1.28. The van der Waals surface area contributed by atoms with Gasteiger partial charge in [-0.15, -0.1) is 0 Å². The SMILES string of the molecule is COC(=O)C(Cc1ccc(O)cc1)NC(=O)CCc1ncc(-c2ccc(C(C)C)cc2)o1. The minimum atomic E-state index is -0.823. The van der Waals surface area contributed by atoms with Crippen LogP contribution >= 0.6 is 0 Å². The number of oxazole rings is 1. The molecule has 3 rings (SSSR count). The molecule has 0 aliphatic heterocycles. The molecule has 2 aromatic carbocycles. The van der Waals surface area contributed by atoms with Crippen molar-refractivity contribution in [2.75, 3.05) is 7.11 Å². The third-order valence-electron chi connectivity index (χ3n) is 5.18. The summed E-state index contributed by atoms with van der Waals surface area (Å²) in [5, 5.41) is 12.1. The van der Waals surface area contributed by atoms with Crippen LogP contribution in [-0.4, -0.2) is 35.1 Å². The van der Waals surface area contributed by atoms with Crippen LogP contribution in [0.2, 0.25) is 0 Å². The molecule has 0 aliphatic carbocycles. The van der Waals surface area contributed by atoms with Crippen LogP contribution < -0.4 is 5.32 Å². The molecule has 0 spiro atoms. The van der Waals surface area contributed by atoms with E-state index in [1.165, 1.54) is 24.8 Å². The van der Waals surface area contributed by atoms with E-state index in [0.717, 1.165) is 11.1 Å². The molecule has 1 aromatic heterocycles. The van der Waals surface area contributed by atoms with E-state index in [4.69, 9.17) is 9.15 Å². The third kappa shape index (κ3) is 6.20. The van der Waals surface area contributed by atoms with E-state index in [9.17, 15) is 14.7 Å². The third-order valence-corrected chi connectivity index (χ3v) is 5.18. The Morgan fingerprint density at radius 2 is 1.78 bits per heavy atom. The molecule has 32 heavy (non-hydrogen) atoms. The Kier molecular flexibility index (Phi) is 7.65. The highest BCUT2D eigenvalue weighted by molar-refractivity contribution is 5.84. The maximum absolute atomic E-state index is 12.4. The van der Waals surface area contributed by atoms with Gasteiger partial charge in [-0.3, -0.25) is 4.79 Å². The van der Waals surface area contributed by atoms with Crippen molar-refractivity contribution >= 4 is 11.9 Å². The Bertz CT molecular complexity index is 1040. The number of nitrogens with zero attached hydrogens (tertiary/aromatic N) is 1. The fourth-order valence-electron chi connectivity index (χ4n) is 3.28. The van der Waals surface area contributed by atoms with Crippen molar-refractivity contribution < 1.29 is 23.8 Å². The van der Waals surface area contributed by atoms with Crippen LogP contribution in [0.15, 0.2) is 59.1 Å². The number of hydrogen-bond acceptors (Lipinski definition) is 6. The van der Waals surface area contributed by atoms with Crippen molar-refractivity contribution in [1.82, 2.24) is 10.3 Å². The van der Waals surface area contributed by atoms with Gasteiger partial charge in [0.1, 0.15) is 11.8 Å². The summed E-state index contributed by atoms with van der Waals surface area (Å²) < 4.78 is 10.6. The second kappa shape index (κ2) is 10.6. The number of methoxy groups -OCH3 is 1. The summed E-state index contributed by atoms with van der Waals surface area (Å²) >= 11 is 0. The zero-order chi connectivity index (χ0) is 23.1. The van der Waals surface area contributed by atoms with Crippen LogP contribution in [0, 0.1) is 0 Å². The summed E-state index contributed by atoms with van der Waals surface area (Å²) in [6.07, 6.45) is 2.34. The normalized spacial score (nSPS) is 11.9. The van der Waals surface area contributed by atoms with Crippen LogP contribution in [0.1, 0.15) is 43.2 Å². The zero-order valence-corrected chi connectivity index (χ0v) is 18.5. The molecular weight excluding hydrogens is 408 g/mol. The maximum Gasteiger partial charge on any atom is 0.328 e. The quantitative estimate of drug-likeness (QED) is 0.492. The first-order valence-electron chi connectivity index (χ1n) is 10.6. The lowest BCUT2D eigenvalue weighted by atomic mass is 10.0. The second-order valence-electron chi connectivity index (χ2n) is 7.91. The van der Waals surface area contributed by atoms with Crippen LogP contribution in [-0.2, 0) is 27.2 Å². The van der Waals surface area contributed by atoms with Crippen molar-refractivity contribution in [3.05, 3.63) is 71.7 Å². The summed E-state index contributed by atoms with van der Waals surface area (Å²) in [5.41, 5.74) is 2.97. The van der Waals surface area contributed by atoms with Crippen LogP contribution in [0.4, 0.5) is 0 Å². The van der Waals surface area contributed by atoms with E-state index in [-0.39, 0.29) is 24.5 Å². The Balaban J connectivity index is 1.57. The molecule has 1 atom stereocenters. The average molecular weight is 437 g/mol. The van der Waals surface area contributed by atoms with E-state index in [1.54, 1.807) is 18.3 Å². The fraction of sp³-hybridized carbons (Fsp3) is 0.320. The Hall–Kier alpha value is -3.61. The molecular formula is C25H28N2O5. The minimum Gasteiger partial charge on any atom is -0.508 e. The van der Waals surface area contributed by atoms with Gasteiger partial charge < -0.3 is 19.6 Å². The standard InChI is InChI=1S/C25H28N2O5/c1-16(2)18-6-8-19(9-7-18)22-15-26-24(32-22)13-12-23(29)27-21(25(30)31-3)14-17-4-10-20(28)11-5-17/h4-11,15-16,21,28H,12-14H2,1-3H3,(H,27,29). The number of ether oxygens (including phenoxy) is 1. The smallest absolute Gasteiger partial charge is 0.328 e. The van der Waals surface area contributed by atoms with E-state index in [1.807, 2.05) is 12.1 Å². The lowest BCUT2D eigenvalue weighted by molar-refractivity contribution is -0.145. The molecule has 0 saturated carbocycles. The molecule has 7 nitrogen and oxygen atoms in total. The highest BCUT2D eigenvalue weighted by Crippen LogP contribution is 2.23. The van der Waals surface area contributed by atoms with E-state index < -0.39 is 12.0 Å². The highest BCUT2D eigenvalue weighted by Gasteiger charge is 2.22. The fourth-order valence-corrected chi connectivity index (χ4v) is 3.28. The number of phenolic OH excluding ortho intramolecular Hbond substituents is 1.